The Kier molecular flexibility index (Phi) is 6.34. The number of aromatic nitrogens is 2. The number of ketones is 1. The number of nitrogens with two attached hydrogens (primary N) is 1. The lowest BCUT2D eigenvalue weighted by Crippen LogP contribution is -2.42. The second-order valence-corrected chi connectivity index (χ2v) is 8.17. The summed E-state index contributed by atoms with van der Waals surface area (Å²) in [6.45, 7) is 3.42. The maximum Gasteiger partial charge on any atom is 0.338 e. The molecule has 0 fully saturated rings. The Hall–Kier alpha value is -4.02. The summed E-state index contributed by atoms with van der Waals surface area (Å²) in [6, 6.07) is 3.93. The van der Waals surface area contributed by atoms with Crippen LogP contribution in [0, 0.1) is 5.92 Å². The first-order valence-corrected chi connectivity index (χ1v) is 10.2. The summed E-state index contributed by atoms with van der Waals surface area (Å²) in [6.07, 6.45) is 0.649. The third-order valence-corrected chi connectivity index (χ3v) is 5.46. The summed E-state index contributed by atoms with van der Waals surface area (Å²) >= 11 is 0. The van der Waals surface area contributed by atoms with Gasteiger partial charge in [0.05, 0.1) is 16.7 Å². The van der Waals surface area contributed by atoms with E-state index in [4.69, 9.17) is 10.5 Å². The van der Waals surface area contributed by atoms with E-state index in [-0.39, 0.29) is 29.1 Å². The molecule has 0 atom stereocenters. The Morgan fingerprint density at radius 2 is 1.64 bits per heavy atom. The van der Waals surface area contributed by atoms with Gasteiger partial charge in [-0.2, -0.15) is 0 Å². The molecule has 2 N–H and O–H groups in total. The summed E-state index contributed by atoms with van der Waals surface area (Å²) in [4.78, 5) is 75.4. The Balaban J connectivity index is 1.77. The molecule has 11 nitrogen and oxygen atoms in total. The van der Waals surface area contributed by atoms with Gasteiger partial charge in [0.2, 0.25) is 5.78 Å². The highest BCUT2D eigenvalue weighted by atomic mass is 16.5. The number of hydrogen-bond acceptors (Lipinski definition) is 8. The highest BCUT2D eigenvalue weighted by Gasteiger charge is 2.36. The molecule has 3 rings (SSSR count). The molecule has 0 spiro atoms. The Labute approximate surface area is 188 Å². The molecule has 0 unspecified atom stereocenters. The third kappa shape index (κ3) is 4.21. The van der Waals surface area contributed by atoms with Crippen molar-refractivity contribution < 1.29 is 23.9 Å². The van der Waals surface area contributed by atoms with Gasteiger partial charge in [0.1, 0.15) is 11.4 Å². The first-order valence-electron chi connectivity index (χ1n) is 10.2. The number of ether oxygens (including phenoxy) is 1. The number of esters is 1. The molecule has 0 saturated heterocycles. The Morgan fingerprint density at radius 3 is 2.27 bits per heavy atom. The second kappa shape index (κ2) is 8.85. The number of hydrogen-bond donors (Lipinski definition) is 1. The standard InChI is InChI=1S/C22H24N4O7/c1-11(2)7-8-26-18(28)13-6-5-12(9-14(13)19(26)29)21(31)33-10-15(27)16-17(23)24(3)22(32)25(4)20(16)30/h5-6,9,11H,7-8,10,23H2,1-4H3. The van der Waals surface area contributed by atoms with E-state index in [1.54, 1.807) is 0 Å². The second-order valence-electron chi connectivity index (χ2n) is 8.17. The predicted molar refractivity (Wildman–Crippen MR) is 117 cm³/mol. The lowest BCUT2D eigenvalue weighted by atomic mass is 10.1. The van der Waals surface area contributed by atoms with Crippen LogP contribution in [0.1, 0.15) is 61.7 Å². The lowest BCUT2D eigenvalue weighted by molar-refractivity contribution is 0.0474. The molecular weight excluding hydrogens is 432 g/mol. The lowest BCUT2D eigenvalue weighted by Gasteiger charge is -2.14. The molecule has 0 saturated carbocycles. The monoisotopic (exact) mass is 456 g/mol. The highest BCUT2D eigenvalue weighted by Crippen LogP contribution is 2.25. The van der Waals surface area contributed by atoms with E-state index >= 15 is 0 Å². The fourth-order valence-corrected chi connectivity index (χ4v) is 3.42. The van der Waals surface area contributed by atoms with Gasteiger partial charge in [-0.05, 0) is 30.5 Å². The summed E-state index contributed by atoms with van der Waals surface area (Å²) in [5.74, 6) is -2.77. The number of rotatable bonds is 7. The molecule has 2 heterocycles. The van der Waals surface area contributed by atoms with E-state index in [2.05, 4.69) is 0 Å². The molecule has 0 bridgehead atoms. The number of amides is 2. The van der Waals surface area contributed by atoms with Crippen molar-refractivity contribution in [2.75, 3.05) is 18.9 Å². The van der Waals surface area contributed by atoms with Gasteiger partial charge in [0.25, 0.3) is 17.4 Å². The van der Waals surface area contributed by atoms with E-state index in [9.17, 15) is 28.8 Å². The zero-order chi connectivity index (χ0) is 24.6. The molecule has 2 aromatic rings. The van der Waals surface area contributed by atoms with E-state index in [1.165, 1.54) is 32.3 Å². The van der Waals surface area contributed by atoms with Gasteiger partial charge in [-0.15, -0.1) is 0 Å². The van der Waals surface area contributed by atoms with Crippen LogP contribution in [0.25, 0.3) is 0 Å². The molecular formula is C22H24N4O7. The number of carbonyl (C=O) groups is 4. The number of nitrogens with zero attached hydrogens (tertiary/aromatic N) is 3. The quantitative estimate of drug-likeness (QED) is 0.356. The van der Waals surface area contributed by atoms with E-state index in [0.29, 0.717) is 12.3 Å². The van der Waals surface area contributed by atoms with Gasteiger partial charge < -0.3 is 10.5 Å². The van der Waals surface area contributed by atoms with Gasteiger partial charge >= 0.3 is 11.7 Å². The fourth-order valence-electron chi connectivity index (χ4n) is 3.42. The average Bonchev–Trinajstić information content (AvgIpc) is 3.02. The van der Waals surface area contributed by atoms with Crippen LogP contribution in [0.2, 0.25) is 0 Å². The molecule has 0 radical (unpaired) electrons. The number of benzene rings is 1. The topological polar surface area (TPSA) is 151 Å². The van der Waals surface area contributed by atoms with E-state index in [0.717, 1.165) is 14.0 Å². The SMILES string of the molecule is CC(C)CCN1C(=O)c2ccc(C(=O)OCC(=O)c3c(N)n(C)c(=O)n(C)c3=O)cc2C1=O. The molecule has 0 aliphatic carbocycles. The van der Waals surface area contributed by atoms with Crippen LogP contribution in [0.5, 0.6) is 0 Å². The molecule has 11 heteroatoms. The molecule has 1 aliphatic heterocycles. The van der Waals surface area contributed by atoms with Crippen LogP contribution >= 0.6 is 0 Å². The minimum absolute atomic E-state index is 0.0326. The van der Waals surface area contributed by atoms with Crippen LogP contribution < -0.4 is 17.0 Å². The van der Waals surface area contributed by atoms with Crippen molar-refractivity contribution >= 4 is 29.4 Å². The Morgan fingerprint density at radius 1 is 1.00 bits per heavy atom. The first kappa shape index (κ1) is 23.6. The van der Waals surface area contributed by atoms with Gasteiger partial charge in [-0.25, -0.2) is 9.59 Å². The van der Waals surface area contributed by atoms with Crippen molar-refractivity contribution in [3.63, 3.8) is 0 Å². The Bertz CT molecular complexity index is 1300. The van der Waals surface area contributed by atoms with E-state index in [1.807, 2.05) is 13.8 Å². The maximum atomic E-state index is 12.6. The molecule has 1 aromatic carbocycles. The van der Waals surface area contributed by atoms with Gasteiger partial charge in [-0.1, -0.05) is 13.8 Å². The summed E-state index contributed by atoms with van der Waals surface area (Å²) in [5, 5.41) is 0. The van der Waals surface area contributed by atoms with E-state index < -0.39 is 47.0 Å². The van der Waals surface area contributed by atoms with Gasteiger partial charge in [-0.3, -0.25) is 33.2 Å². The maximum absolute atomic E-state index is 12.6. The number of carbonyl (C=O) groups excluding carboxylic acids is 4. The predicted octanol–water partition coefficient (Wildman–Crippen LogP) is 0.348. The normalized spacial score (nSPS) is 12.9. The molecule has 33 heavy (non-hydrogen) atoms. The molecule has 174 valence electrons. The summed E-state index contributed by atoms with van der Waals surface area (Å²) in [5.41, 5.74) is 3.90. The number of imide groups is 1. The number of anilines is 1. The average molecular weight is 456 g/mol. The summed E-state index contributed by atoms with van der Waals surface area (Å²) < 4.78 is 6.66. The zero-order valence-electron chi connectivity index (χ0n) is 18.7. The number of Topliss-reactive ketones (excluding diaryl/α,β-unsaturated/α-hetero) is 1. The fraction of sp³-hybridized carbons (Fsp3) is 0.364. The molecule has 2 amide bonds. The van der Waals surface area contributed by atoms with Crippen molar-refractivity contribution in [3.05, 3.63) is 61.3 Å². The number of nitrogen functional groups attached to an aromatic ring is 1. The van der Waals surface area contributed by atoms with Crippen molar-refractivity contribution in [1.29, 1.82) is 0 Å². The highest BCUT2D eigenvalue weighted by molar-refractivity contribution is 6.22. The minimum Gasteiger partial charge on any atom is -0.454 e. The van der Waals surface area contributed by atoms with Crippen molar-refractivity contribution in [1.82, 2.24) is 14.0 Å². The molecule has 1 aromatic heterocycles. The minimum atomic E-state index is -0.924. The first-order chi connectivity index (χ1) is 15.5. The third-order valence-electron chi connectivity index (χ3n) is 5.46. The van der Waals surface area contributed by atoms with Crippen molar-refractivity contribution in [3.8, 4) is 0 Å². The van der Waals surface area contributed by atoms with Gasteiger partial charge in [0.15, 0.2) is 6.61 Å². The van der Waals surface area contributed by atoms with Gasteiger partial charge in [0, 0.05) is 20.6 Å². The van der Waals surface area contributed by atoms with Crippen LogP contribution in [-0.4, -0.2) is 50.8 Å². The largest absolute Gasteiger partial charge is 0.454 e. The van der Waals surface area contributed by atoms with Crippen molar-refractivity contribution in [2.24, 2.45) is 20.0 Å². The zero-order valence-corrected chi connectivity index (χ0v) is 18.7. The van der Waals surface area contributed by atoms with Crippen LogP contribution in [0.15, 0.2) is 27.8 Å². The van der Waals surface area contributed by atoms with Crippen LogP contribution in [-0.2, 0) is 18.8 Å². The smallest absolute Gasteiger partial charge is 0.338 e. The van der Waals surface area contributed by atoms with Crippen LogP contribution in [0.4, 0.5) is 5.82 Å². The van der Waals surface area contributed by atoms with Crippen LogP contribution in [0.3, 0.4) is 0 Å². The summed E-state index contributed by atoms with van der Waals surface area (Å²) in [7, 11) is 2.49. The van der Waals surface area contributed by atoms with Crippen molar-refractivity contribution in [2.45, 2.75) is 20.3 Å². The molecule has 1 aliphatic rings. The number of fused-ring (bicyclic) bond motifs is 1.